The fraction of sp³-hybridized carbons (Fsp3) is 0.0909. The largest absolute Gasteiger partial charge is 0.369 e. The molecule has 0 spiro atoms. The second-order valence-corrected chi connectivity index (χ2v) is 3.42. The fourth-order valence-corrected chi connectivity index (χ4v) is 1.34. The first kappa shape index (κ1) is 13.9. The Hall–Kier alpha value is -2.21. The molecule has 0 unspecified atom stereocenters. The van der Waals surface area contributed by atoms with E-state index in [1.54, 1.807) is 30.6 Å². The van der Waals surface area contributed by atoms with Crippen molar-refractivity contribution in [2.24, 2.45) is 0 Å². The third kappa shape index (κ3) is 3.67. The van der Waals surface area contributed by atoms with Gasteiger partial charge in [0.15, 0.2) is 5.95 Å². The van der Waals surface area contributed by atoms with E-state index in [1.807, 2.05) is 6.08 Å². The molecule has 2 rings (SSSR count). The highest BCUT2D eigenvalue weighted by Gasteiger charge is 2.02. The maximum atomic E-state index is 11.5. The van der Waals surface area contributed by atoms with Crippen molar-refractivity contribution in [1.29, 1.82) is 0 Å². The van der Waals surface area contributed by atoms with Crippen LogP contribution in [0.25, 0.3) is 6.08 Å². The van der Waals surface area contributed by atoms with Gasteiger partial charge in [0.1, 0.15) is 5.69 Å². The third-order valence-electron chi connectivity index (χ3n) is 2.14. The summed E-state index contributed by atoms with van der Waals surface area (Å²) in [7, 11) is 0. The normalized spacial score (nSPS) is 10.2. The lowest BCUT2D eigenvalue weighted by Crippen LogP contribution is -2.23. The van der Waals surface area contributed by atoms with Crippen LogP contribution in [-0.4, -0.2) is 27.4 Å². The number of aromatic amines is 2. The number of imidazole rings is 1. The highest BCUT2D eigenvalue weighted by molar-refractivity contribution is 5.92. The lowest BCUT2D eigenvalue weighted by atomic mass is 10.4. The van der Waals surface area contributed by atoms with Crippen LogP contribution in [0.15, 0.2) is 30.6 Å². The number of hydrogen-bond donors (Lipinski definition) is 4. The average Bonchev–Trinajstić information content (AvgIpc) is 2.95. The zero-order valence-corrected chi connectivity index (χ0v) is 10.3. The number of nitrogen functional groups attached to an aromatic ring is 1. The van der Waals surface area contributed by atoms with Gasteiger partial charge in [-0.1, -0.05) is 6.08 Å². The second kappa shape index (κ2) is 6.51. The van der Waals surface area contributed by atoms with Gasteiger partial charge >= 0.3 is 0 Å². The Kier molecular flexibility index (Phi) is 5.01. The summed E-state index contributed by atoms with van der Waals surface area (Å²) in [5.41, 5.74) is 6.77. The van der Waals surface area contributed by atoms with Crippen LogP contribution in [0.4, 0.5) is 5.95 Å². The summed E-state index contributed by atoms with van der Waals surface area (Å²) in [6.45, 7) is 0.441. The van der Waals surface area contributed by atoms with Gasteiger partial charge in [0.2, 0.25) is 0 Å². The summed E-state index contributed by atoms with van der Waals surface area (Å²) in [5, 5.41) is 2.74. The first-order valence-corrected chi connectivity index (χ1v) is 5.14. The van der Waals surface area contributed by atoms with Gasteiger partial charge in [0.05, 0.1) is 11.9 Å². The number of anilines is 1. The van der Waals surface area contributed by atoms with E-state index in [0.29, 0.717) is 18.2 Å². The second-order valence-electron chi connectivity index (χ2n) is 3.42. The van der Waals surface area contributed by atoms with Gasteiger partial charge < -0.3 is 21.0 Å². The van der Waals surface area contributed by atoms with E-state index in [2.05, 4.69) is 20.3 Å². The molecular weight excluding hydrogens is 254 g/mol. The van der Waals surface area contributed by atoms with Gasteiger partial charge in [0, 0.05) is 12.7 Å². The number of H-pyrrole nitrogens is 2. The number of nitrogens with zero attached hydrogens (tertiary/aromatic N) is 1. The molecule has 0 fully saturated rings. The van der Waals surface area contributed by atoms with Gasteiger partial charge in [0.25, 0.3) is 5.91 Å². The molecule has 0 aliphatic carbocycles. The van der Waals surface area contributed by atoms with Crippen LogP contribution >= 0.6 is 12.4 Å². The fourth-order valence-electron chi connectivity index (χ4n) is 1.34. The minimum Gasteiger partial charge on any atom is -0.369 e. The van der Waals surface area contributed by atoms with Gasteiger partial charge in [-0.15, -0.1) is 12.4 Å². The van der Waals surface area contributed by atoms with Crippen molar-refractivity contribution in [2.75, 3.05) is 12.3 Å². The lowest BCUT2D eigenvalue weighted by Gasteiger charge is -1.98. The Morgan fingerprint density at radius 2 is 2.39 bits per heavy atom. The van der Waals surface area contributed by atoms with Crippen LogP contribution in [0, 0.1) is 0 Å². The maximum absolute atomic E-state index is 11.5. The maximum Gasteiger partial charge on any atom is 0.267 e. The van der Waals surface area contributed by atoms with Crippen LogP contribution in [-0.2, 0) is 0 Å². The zero-order chi connectivity index (χ0) is 12.1. The Bertz CT molecular complexity index is 517. The van der Waals surface area contributed by atoms with Gasteiger partial charge in [-0.3, -0.25) is 4.79 Å². The Morgan fingerprint density at radius 1 is 1.56 bits per heavy atom. The molecule has 2 aromatic heterocycles. The average molecular weight is 268 g/mol. The molecule has 1 amide bonds. The van der Waals surface area contributed by atoms with E-state index in [-0.39, 0.29) is 18.3 Å². The van der Waals surface area contributed by atoms with Crippen LogP contribution < -0.4 is 11.1 Å². The summed E-state index contributed by atoms with van der Waals surface area (Å²) < 4.78 is 0. The summed E-state index contributed by atoms with van der Waals surface area (Å²) in [6.07, 6.45) is 6.95. The van der Waals surface area contributed by atoms with Gasteiger partial charge in [-0.05, 0) is 18.2 Å². The van der Waals surface area contributed by atoms with E-state index in [1.165, 1.54) is 0 Å². The number of carbonyl (C=O) groups is 1. The Balaban J connectivity index is 0.00000162. The molecule has 0 aliphatic heterocycles. The van der Waals surface area contributed by atoms with Crippen molar-refractivity contribution in [1.82, 2.24) is 20.3 Å². The summed E-state index contributed by atoms with van der Waals surface area (Å²) in [4.78, 5) is 21.0. The standard InChI is InChI=1S/C11H13N5O.ClH/c12-11-15-7-8(16-11)3-1-6-14-10(17)9-4-2-5-13-9;/h1-5,7,13H,6H2,(H,14,17)(H3,12,15,16);1H/b3-1+;. The molecule has 18 heavy (non-hydrogen) atoms. The van der Waals surface area contributed by atoms with Crippen molar-refractivity contribution < 1.29 is 4.79 Å². The molecular formula is C11H14ClN5O. The molecule has 7 heteroatoms. The molecule has 0 radical (unpaired) electrons. The molecule has 96 valence electrons. The smallest absolute Gasteiger partial charge is 0.267 e. The van der Waals surface area contributed by atoms with Crippen molar-refractivity contribution in [3.63, 3.8) is 0 Å². The van der Waals surface area contributed by atoms with Gasteiger partial charge in [-0.2, -0.15) is 0 Å². The number of carbonyl (C=O) groups excluding carboxylic acids is 1. The number of hydrogen-bond acceptors (Lipinski definition) is 3. The molecule has 2 heterocycles. The topological polar surface area (TPSA) is 99.6 Å². The first-order chi connectivity index (χ1) is 8.25. The molecule has 0 atom stereocenters. The van der Waals surface area contributed by atoms with Crippen LogP contribution in [0.5, 0.6) is 0 Å². The highest BCUT2D eigenvalue weighted by Crippen LogP contribution is 1.99. The van der Waals surface area contributed by atoms with Crippen molar-refractivity contribution in [3.8, 4) is 0 Å². The van der Waals surface area contributed by atoms with E-state index < -0.39 is 0 Å². The number of aromatic nitrogens is 3. The molecule has 0 saturated heterocycles. The predicted octanol–water partition coefficient (Wildman–Crippen LogP) is 1.18. The van der Waals surface area contributed by atoms with E-state index in [4.69, 9.17) is 5.73 Å². The zero-order valence-electron chi connectivity index (χ0n) is 9.51. The van der Waals surface area contributed by atoms with Crippen LogP contribution in [0.2, 0.25) is 0 Å². The molecule has 5 N–H and O–H groups in total. The highest BCUT2D eigenvalue weighted by atomic mass is 35.5. The number of nitrogens with one attached hydrogen (secondary N) is 3. The minimum atomic E-state index is -0.135. The molecule has 6 nitrogen and oxygen atoms in total. The molecule has 0 aliphatic rings. The number of amides is 1. The molecule has 0 saturated carbocycles. The van der Waals surface area contributed by atoms with Gasteiger partial charge in [-0.25, -0.2) is 4.98 Å². The van der Waals surface area contributed by atoms with Crippen molar-refractivity contribution in [2.45, 2.75) is 0 Å². The third-order valence-corrected chi connectivity index (χ3v) is 2.14. The monoisotopic (exact) mass is 267 g/mol. The number of rotatable bonds is 4. The molecule has 0 bridgehead atoms. The van der Waals surface area contributed by atoms with E-state index >= 15 is 0 Å². The Labute approximate surface area is 110 Å². The lowest BCUT2D eigenvalue weighted by molar-refractivity contribution is 0.0953. The van der Waals surface area contributed by atoms with Crippen LogP contribution in [0.1, 0.15) is 16.2 Å². The first-order valence-electron chi connectivity index (χ1n) is 5.14. The SMILES string of the molecule is Cl.Nc1ncc(/C=C/CNC(=O)c2ccc[nH]2)[nH]1. The summed E-state index contributed by atoms with van der Waals surface area (Å²) >= 11 is 0. The van der Waals surface area contributed by atoms with Crippen molar-refractivity contribution >= 4 is 30.3 Å². The van der Waals surface area contributed by atoms with E-state index in [9.17, 15) is 4.79 Å². The molecule has 0 aromatic carbocycles. The minimum absolute atomic E-state index is 0. The summed E-state index contributed by atoms with van der Waals surface area (Å²) in [6, 6.07) is 3.49. The number of halogens is 1. The predicted molar refractivity (Wildman–Crippen MR) is 72.4 cm³/mol. The van der Waals surface area contributed by atoms with Crippen LogP contribution in [0.3, 0.4) is 0 Å². The number of nitrogens with two attached hydrogens (primary N) is 1. The molecule has 2 aromatic rings. The van der Waals surface area contributed by atoms with E-state index in [0.717, 1.165) is 5.69 Å². The Morgan fingerprint density at radius 3 is 3.00 bits per heavy atom. The van der Waals surface area contributed by atoms with Crippen molar-refractivity contribution in [3.05, 3.63) is 42.0 Å². The summed E-state index contributed by atoms with van der Waals surface area (Å²) in [5.74, 6) is 0.240. The quantitative estimate of drug-likeness (QED) is 0.669.